The first-order valence-corrected chi connectivity index (χ1v) is 8.24. The summed E-state index contributed by atoms with van der Waals surface area (Å²) in [6.07, 6.45) is 1.50. The van der Waals surface area contributed by atoms with E-state index in [0.29, 0.717) is 5.41 Å². The third-order valence-electron chi connectivity index (χ3n) is 4.45. The average Bonchev–Trinajstić information content (AvgIpc) is 2.86. The van der Waals surface area contributed by atoms with Crippen molar-refractivity contribution in [3.05, 3.63) is 34.3 Å². The van der Waals surface area contributed by atoms with Gasteiger partial charge in [-0.1, -0.05) is 35.0 Å². The van der Waals surface area contributed by atoms with Crippen LogP contribution in [0.25, 0.3) is 0 Å². The summed E-state index contributed by atoms with van der Waals surface area (Å²) in [5, 5.41) is 3.49. The fraction of sp³-hybridized carbons (Fsp3) is 0.625. The van der Waals surface area contributed by atoms with Crippen LogP contribution in [0.4, 0.5) is 0 Å². The van der Waals surface area contributed by atoms with E-state index < -0.39 is 0 Å². The zero-order valence-electron chi connectivity index (χ0n) is 12.1. The second-order valence-electron chi connectivity index (χ2n) is 6.38. The third kappa shape index (κ3) is 3.42. The molecule has 0 amide bonds. The van der Waals surface area contributed by atoms with E-state index >= 15 is 0 Å². The molecule has 0 spiro atoms. The van der Waals surface area contributed by atoms with E-state index in [2.05, 4.69) is 57.3 Å². The molecule has 3 nitrogen and oxygen atoms in total. The summed E-state index contributed by atoms with van der Waals surface area (Å²) < 4.78 is 7.08. The fourth-order valence-corrected chi connectivity index (χ4v) is 3.53. The normalized spacial score (nSPS) is 31.6. The summed E-state index contributed by atoms with van der Waals surface area (Å²) in [5.41, 5.74) is 1.72. The summed E-state index contributed by atoms with van der Waals surface area (Å²) in [5.74, 6) is 0. The molecule has 2 unspecified atom stereocenters. The molecule has 2 saturated heterocycles. The Balaban J connectivity index is 1.62. The molecule has 20 heavy (non-hydrogen) atoms. The number of morpholine rings is 1. The zero-order chi connectivity index (χ0) is 14.0. The summed E-state index contributed by atoms with van der Waals surface area (Å²) in [6.45, 7) is 8.79. The first-order valence-electron chi connectivity index (χ1n) is 7.45. The molecule has 1 aromatic carbocycles. The highest BCUT2D eigenvalue weighted by Crippen LogP contribution is 2.29. The molecular weight excluding hydrogens is 316 g/mol. The van der Waals surface area contributed by atoms with Gasteiger partial charge in [0.15, 0.2) is 0 Å². The molecule has 2 fully saturated rings. The molecule has 4 heteroatoms. The Labute approximate surface area is 129 Å². The van der Waals surface area contributed by atoms with Gasteiger partial charge in [-0.2, -0.15) is 0 Å². The number of hydrogen-bond acceptors (Lipinski definition) is 3. The van der Waals surface area contributed by atoms with Gasteiger partial charge in [-0.3, -0.25) is 4.90 Å². The molecule has 1 N–H and O–H groups in total. The number of ether oxygens (including phenoxy) is 1. The van der Waals surface area contributed by atoms with Crippen molar-refractivity contribution in [2.75, 3.05) is 39.3 Å². The molecule has 3 rings (SSSR count). The molecule has 0 radical (unpaired) electrons. The van der Waals surface area contributed by atoms with Crippen molar-refractivity contribution in [2.24, 2.45) is 5.41 Å². The van der Waals surface area contributed by atoms with Crippen LogP contribution in [0.1, 0.15) is 25.0 Å². The molecule has 0 bridgehead atoms. The molecule has 110 valence electrons. The van der Waals surface area contributed by atoms with Gasteiger partial charge in [-0.05, 0) is 36.1 Å². The van der Waals surface area contributed by atoms with E-state index in [4.69, 9.17) is 4.74 Å². The van der Waals surface area contributed by atoms with Crippen LogP contribution in [-0.4, -0.2) is 44.2 Å². The predicted molar refractivity (Wildman–Crippen MR) is 84.9 cm³/mol. The minimum Gasteiger partial charge on any atom is -0.371 e. The standard InChI is InChI=1S/C16H23BrN2O/c1-16(6-7-18-11-16)12-19-8-9-20-15(10-19)13-2-4-14(17)5-3-13/h2-5,15,18H,6-12H2,1H3. The zero-order valence-corrected chi connectivity index (χ0v) is 13.7. The summed E-state index contributed by atoms with van der Waals surface area (Å²) >= 11 is 3.49. The van der Waals surface area contributed by atoms with E-state index in [-0.39, 0.29) is 6.10 Å². The maximum atomic E-state index is 5.96. The Morgan fingerprint density at radius 2 is 2.20 bits per heavy atom. The predicted octanol–water partition coefficient (Wildman–Crippen LogP) is 2.82. The van der Waals surface area contributed by atoms with Crippen molar-refractivity contribution >= 4 is 15.9 Å². The van der Waals surface area contributed by atoms with Crippen LogP contribution < -0.4 is 5.32 Å². The topological polar surface area (TPSA) is 24.5 Å². The molecule has 2 atom stereocenters. The van der Waals surface area contributed by atoms with Crippen LogP contribution in [0.2, 0.25) is 0 Å². The molecular formula is C16H23BrN2O. The Kier molecular flexibility index (Phi) is 4.46. The van der Waals surface area contributed by atoms with Gasteiger partial charge in [0.05, 0.1) is 12.7 Å². The summed E-state index contributed by atoms with van der Waals surface area (Å²) in [6, 6.07) is 8.52. The molecule has 1 aromatic rings. The van der Waals surface area contributed by atoms with E-state index in [1.54, 1.807) is 0 Å². The van der Waals surface area contributed by atoms with Crippen molar-refractivity contribution in [1.82, 2.24) is 10.2 Å². The molecule has 0 aromatic heterocycles. The Bertz CT molecular complexity index is 442. The van der Waals surface area contributed by atoms with Crippen molar-refractivity contribution < 1.29 is 4.74 Å². The lowest BCUT2D eigenvalue weighted by atomic mass is 9.89. The number of benzene rings is 1. The SMILES string of the molecule is CC1(CN2CCOC(c3ccc(Br)cc3)C2)CCNC1. The van der Waals surface area contributed by atoms with Crippen molar-refractivity contribution in [3.8, 4) is 0 Å². The van der Waals surface area contributed by atoms with Gasteiger partial charge in [0.25, 0.3) is 0 Å². The maximum Gasteiger partial charge on any atom is 0.0952 e. The van der Waals surface area contributed by atoms with Crippen LogP contribution >= 0.6 is 15.9 Å². The highest BCUT2D eigenvalue weighted by molar-refractivity contribution is 9.10. The largest absolute Gasteiger partial charge is 0.371 e. The van der Waals surface area contributed by atoms with Gasteiger partial charge < -0.3 is 10.1 Å². The van der Waals surface area contributed by atoms with Gasteiger partial charge in [0, 0.05) is 30.7 Å². The van der Waals surface area contributed by atoms with Crippen molar-refractivity contribution in [2.45, 2.75) is 19.4 Å². The van der Waals surface area contributed by atoms with Crippen molar-refractivity contribution in [1.29, 1.82) is 0 Å². The molecule has 2 heterocycles. The second-order valence-corrected chi connectivity index (χ2v) is 7.30. The number of nitrogens with zero attached hydrogens (tertiary/aromatic N) is 1. The lowest BCUT2D eigenvalue weighted by Gasteiger charge is -2.37. The monoisotopic (exact) mass is 338 g/mol. The van der Waals surface area contributed by atoms with Crippen LogP contribution in [0, 0.1) is 5.41 Å². The number of hydrogen-bond donors (Lipinski definition) is 1. The average molecular weight is 339 g/mol. The van der Waals surface area contributed by atoms with E-state index in [9.17, 15) is 0 Å². The Hall–Kier alpha value is -0.420. The smallest absolute Gasteiger partial charge is 0.0952 e. The van der Waals surface area contributed by atoms with Gasteiger partial charge in [-0.15, -0.1) is 0 Å². The van der Waals surface area contributed by atoms with E-state index in [0.717, 1.165) is 37.3 Å². The molecule has 2 aliphatic heterocycles. The van der Waals surface area contributed by atoms with Gasteiger partial charge in [0.1, 0.15) is 0 Å². The molecule has 0 aliphatic carbocycles. The Morgan fingerprint density at radius 1 is 1.40 bits per heavy atom. The molecule has 2 aliphatic rings. The van der Waals surface area contributed by atoms with Crippen LogP contribution in [0.15, 0.2) is 28.7 Å². The van der Waals surface area contributed by atoms with Crippen LogP contribution in [-0.2, 0) is 4.74 Å². The fourth-order valence-electron chi connectivity index (χ4n) is 3.27. The second kappa shape index (κ2) is 6.14. The van der Waals surface area contributed by atoms with Gasteiger partial charge in [0.2, 0.25) is 0 Å². The minimum atomic E-state index is 0.217. The lowest BCUT2D eigenvalue weighted by Crippen LogP contribution is -2.44. The number of nitrogens with one attached hydrogen (secondary N) is 1. The maximum absolute atomic E-state index is 5.96. The van der Waals surface area contributed by atoms with Crippen LogP contribution in [0.5, 0.6) is 0 Å². The summed E-state index contributed by atoms with van der Waals surface area (Å²) in [4.78, 5) is 2.57. The number of halogens is 1. The molecule has 0 saturated carbocycles. The minimum absolute atomic E-state index is 0.217. The first-order chi connectivity index (χ1) is 9.65. The van der Waals surface area contributed by atoms with Crippen LogP contribution in [0.3, 0.4) is 0 Å². The van der Waals surface area contributed by atoms with Crippen molar-refractivity contribution in [3.63, 3.8) is 0 Å². The number of rotatable bonds is 3. The third-order valence-corrected chi connectivity index (χ3v) is 4.98. The first kappa shape index (κ1) is 14.5. The van der Waals surface area contributed by atoms with E-state index in [1.807, 2.05) is 0 Å². The van der Waals surface area contributed by atoms with Gasteiger partial charge in [-0.25, -0.2) is 0 Å². The van der Waals surface area contributed by atoms with E-state index in [1.165, 1.54) is 18.5 Å². The van der Waals surface area contributed by atoms with Gasteiger partial charge >= 0.3 is 0 Å². The quantitative estimate of drug-likeness (QED) is 0.917. The Morgan fingerprint density at radius 3 is 2.90 bits per heavy atom. The lowest BCUT2D eigenvalue weighted by molar-refractivity contribution is -0.0400. The highest BCUT2D eigenvalue weighted by Gasteiger charge is 2.32. The summed E-state index contributed by atoms with van der Waals surface area (Å²) in [7, 11) is 0. The highest BCUT2D eigenvalue weighted by atomic mass is 79.9.